The number of anilines is 1. The Hall–Kier alpha value is -1.73. The Morgan fingerprint density at radius 1 is 1.23 bits per heavy atom. The highest BCUT2D eigenvalue weighted by atomic mass is 79.9. The van der Waals surface area contributed by atoms with Crippen molar-refractivity contribution >= 4 is 39.5 Å². The van der Waals surface area contributed by atoms with Crippen LogP contribution in [0.4, 0.5) is 5.82 Å². The topological polar surface area (TPSA) is 49.0 Å². The van der Waals surface area contributed by atoms with Gasteiger partial charge < -0.3 is 9.80 Å². The number of fused-ring (bicyclic) bond motifs is 1. The molecule has 7 heteroatoms. The third-order valence-electron chi connectivity index (χ3n) is 3.95. The van der Waals surface area contributed by atoms with Crippen LogP contribution in [-0.4, -0.2) is 61.6 Å². The third-order valence-corrected chi connectivity index (χ3v) is 4.44. The van der Waals surface area contributed by atoms with Crippen molar-refractivity contribution in [1.29, 1.82) is 0 Å². The zero-order valence-electron chi connectivity index (χ0n) is 12.8. The van der Waals surface area contributed by atoms with E-state index in [0.29, 0.717) is 0 Å². The molecule has 1 saturated heterocycles. The fourth-order valence-electron chi connectivity index (χ4n) is 2.71. The number of hydrogen-bond donors (Lipinski definition) is 0. The lowest BCUT2D eigenvalue weighted by Crippen LogP contribution is -2.47. The number of benzene rings is 1. The summed E-state index contributed by atoms with van der Waals surface area (Å²) < 4.78 is 2.76. The second-order valence-electron chi connectivity index (χ2n) is 5.36. The van der Waals surface area contributed by atoms with E-state index in [-0.39, 0.29) is 0 Å². The van der Waals surface area contributed by atoms with Gasteiger partial charge in [-0.3, -0.25) is 4.99 Å². The van der Waals surface area contributed by atoms with Crippen LogP contribution in [0.15, 0.2) is 32.8 Å². The molecule has 22 heavy (non-hydrogen) atoms. The molecule has 0 bridgehead atoms. The molecular formula is C15H19BrN6. The van der Waals surface area contributed by atoms with Crippen molar-refractivity contribution in [2.45, 2.75) is 0 Å². The minimum atomic E-state index is 0.745. The molecule has 2 heterocycles. The van der Waals surface area contributed by atoms with Gasteiger partial charge in [-0.1, -0.05) is 15.9 Å². The lowest BCUT2D eigenvalue weighted by atomic mass is 10.3. The number of aromatic nitrogens is 2. The van der Waals surface area contributed by atoms with Crippen LogP contribution >= 0.6 is 15.9 Å². The average Bonchev–Trinajstić information content (AvgIpc) is 2.53. The smallest absolute Gasteiger partial charge is 0.192 e. The van der Waals surface area contributed by atoms with Gasteiger partial charge in [-0.05, 0) is 25.2 Å². The van der Waals surface area contributed by atoms with E-state index in [2.05, 4.69) is 49.6 Å². The van der Waals surface area contributed by atoms with Gasteiger partial charge in [0.25, 0.3) is 0 Å². The summed E-state index contributed by atoms with van der Waals surface area (Å²) in [5.41, 5.74) is 2.52. The van der Waals surface area contributed by atoms with Crippen LogP contribution in [0.5, 0.6) is 0 Å². The summed E-state index contributed by atoms with van der Waals surface area (Å²) in [5.74, 6) is 0.869. The number of likely N-dealkylation sites (N-methyl/N-ethyl adjacent to an activating group) is 1. The van der Waals surface area contributed by atoms with Crippen molar-refractivity contribution in [2.24, 2.45) is 10.1 Å². The van der Waals surface area contributed by atoms with Crippen molar-refractivity contribution in [3.8, 4) is 0 Å². The predicted molar refractivity (Wildman–Crippen MR) is 93.6 cm³/mol. The summed E-state index contributed by atoms with van der Waals surface area (Å²) in [6.07, 6.45) is 0. The van der Waals surface area contributed by atoms with Gasteiger partial charge >= 0.3 is 0 Å². The molecule has 0 N–H and O–H groups in total. The summed E-state index contributed by atoms with van der Waals surface area (Å²) >= 11 is 3.50. The monoisotopic (exact) mass is 362 g/mol. The maximum absolute atomic E-state index is 4.84. The molecule has 0 aliphatic carbocycles. The Kier molecular flexibility index (Phi) is 4.26. The van der Waals surface area contributed by atoms with E-state index >= 15 is 0 Å². The molecule has 1 aliphatic heterocycles. The Labute approximate surface area is 137 Å². The van der Waals surface area contributed by atoms with Gasteiger partial charge in [0.15, 0.2) is 11.3 Å². The van der Waals surface area contributed by atoms with Crippen LogP contribution in [0.2, 0.25) is 0 Å². The first-order chi connectivity index (χ1) is 10.6. The van der Waals surface area contributed by atoms with Crippen molar-refractivity contribution in [2.75, 3.05) is 45.2 Å². The SMILES string of the molecule is C=Nn1c(=NC)c(N2CCN(C)CC2)nc2cc(Br)ccc21. The summed E-state index contributed by atoms with van der Waals surface area (Å²) in [7, 11) is 3.90. The highest BCUT2D eigenvalue weighted by Crippen LogP contribution is 2.20. The van der Waals surface area contributed by atoms with Crippen LogP contribution in [0.1, 0.15) is 0 Å². The standard InChI is InChI=1S/C15H19BrN6/c1-17-14-15(21-8-6-20(3)7-9-21)19-12-10-11(16)4-5-13(12)22(14)18-2/h4-5,10H,2,6-9H2,1,3H3. The van der Waals surface area contributed by atoms with Crippen molar-refractivity contribution in [3.05, 3.63) is 28.2 Å². The van der Waals surface area contributed by atoms with E-state index in [9.17, 15) is 0 Å². The molecule has 1 aromatic heterocycles. The first-order valence-corrected chi connectivity index (χ1v) is 7.99. The summed E-state index contributed by atoms with van der Waals surface area (Å²) in [5, 5.41) is 4.15. The summed E-state index contributed by atoms with van der Waals surface area (Å²) in [4.78, 5) is 13.8. The molecule has 0 radical (unpaired) electrons. The Balaban J connectivity index is 2.22. The molecule has 1 aliphatic rings. The van der Waals surface area contributed by atoms with Crippen LogP contribution in [-0.2, 0) is 0 Å². The molecule has 116 valence electrons. The normalized spacial score (nSPS) is 17.2. The van der Waals surface area contributed by atoms with Crippen LogP contribution < -0.4 is 10.4 Å². The number of halogens is 1. The molecule has 3 rings (SSSR count). The van der Waals surface area contributed by atoms with Gasteiger partial charge in [-0.25, -0.2) is 9.66 Å². The lowest BCUT2D eigenvalue weighted by Gasteiger charge is -2.33. The number of rotatable bonds is 2. The molecule has 6 nitrogen and oxygen atoms in total. The van der Waals surface area contributed by atoms with Crippen LogP contribution in [0.25, 0.3) is 11.0 Å². The Bertz CT molecular complexity index is 773. The minimum Gasteiger partial charge on any atom is -0.351 e. The van der Waals surface area contributed by atoms with E-state index in [0.717, 1.165) is 53.0 Å². The third kappa shape index (κ3) is 2.66. The number of hydrogen-bond acceptors (Lipinski definition) is 5. The van der Waals surface area contributed by atoms with E-state index < -0.39 is 0 Å². The van der Waals surface area contributed by atoms with E-state index in [1.165, 1.54) is 0 Å². The fourth-order valence-corrected chi connectivity index (χ4v) is 3.06. The highest BCUT2D eigenvalue weighted by Gasteiger charge is 2.19. The molecule has 0 unspecified atom stereocenters. The predicted octanol–water partition coefficient (Wildman–Crippen LogP) is 1.54. The molecule has 2 aromatic rings. The first kappa shape index (κ1) is 15.2. The average molecular weight is 363 g/mol. The van der Waals surface area contributed by atoms with Crippen LogP contribution in [0.3, 0.4) is 0 Å². The second-order valence-corrected chi connectivity index (χ2v) is 6.27. The minimum absolute atomic E-state index is 0.745. The van der Waals surface area contributed by atoms with Gasteiger partial charge in [0.2, 0.25) is 0 Å². The first-order valence-electron chi connectivity index (χ1n) is 7.19. The molecule has 0 saturated carbocycles. The summed E-state index contributed by atoms with van der Waals surface area (Å²) in [6, 6.07) is 5.94. The van der Waals surface area contributed by atoms with Gasteiger partial charge in [0, 0.05) is 44.4 Å². The molecule has 0 spiro atoms. The molecule has 0 atom stereocenters. The van der Waals surface area contributed by atoms with E-state index in [1.54, 1.807) is 11.7 Å². The van der Waals surface area contributed by atoms with Gasteiger partial charge in [0.05, 0.1) is 11.0 Å². The molecule has 1 aromatic carbocycles. The van der Waals surface area contributed by atoms with E-state index in [4.69, 9.17) is 4.98 Å². The van der Waals surface area contributed by atoms with Crippen LogP contribution in [0, 0.1) is 0 Å². The number of nitrogens with zero attached hydrogens (tertiary/aromatic N) is 6. The molecule has 0 amide bonds. The molecular weight excluding hydrogens is 344 g/mol. The Morgan fingerprint density at radius 2 is 1.95 bits per heavy atom. The lowest BCUT2D eigenvalue weighted by molar-refractivity contribution is 0.311. The zero-order chi connectivity index (χ0) is 15.7. The Morgan fingerprint density at radius 3 is 2.59 bits per heavy atom. The quantitative estimate of drug-likeness (QED) is 0.761. The number of piperazine rings is 1. The van der Waals surface area contributed by atoms with Crippen molar-refractivity contribution in [3.63, 3.8) is 0 Å². The van der Waals surface area contributed by atoms with Gasteiger partial charge in [-0.2, -0.15) is 5.10 Å². The fraction of sp³-hybridized carbons (Fsp3) is 0.400. The molecule has 1 fully saturated rings. The van der Waals surface area contributed by atoms with E-state index in [1.807, 2.05) is 18.2 Å². The highest BCUT2D eigenvalue weighted by molar-refractivity contribution is 9.10. The van der Waals surface area contributed by atoms with Crippen molar-refractivity contribution in [1.82, 2.24) is 14.6 Å². The maximum atomic E-state index is 4.84. The maximum Gasteiger partial charge on any atom is 0.192 e. The zero-order valence-corrected chi connectivity index (χ0v) is 14.4. The summed E-state index contributed by atoms with van der Waals surface area (Å²) in [6.45, 7) is 7.60. The largest absolute Gasteiger partial charge is 0.351 e. The van der Waals surface area contributed by atoms with Gasteiger partial charge in [0.1, 0.15) is 0 Å². The van der Waals surface area contributed by atoms with Gasteiger partial charge in [-0.15, -0.1) is 0 Å². The van der Waals surface area contributed by atoms with Crippen molar-refractivity contribution < 1.29 is 0 Å². The second kappa shape index (κ2) is 6.18.